The molecule has 0 aromatic rings. The third kappa shape index (κ3) is 2.26. The maximum absolute atomic E-state index is 7.17. The average Bonchev–Trinajstić information content (AvgIpc) is 1.64. The Bertz CT molecular complexity index is 140. The predicted octanol–water partition coefficient (Wildman–Crippen LogP) is 1.24. The second-order valence-electron chi connectivity index (χ2n) is 2.29. The van der Waals surface area contributed by atoms with Crippen molar-refractivity contribution in [2.45, 2.75) is 20.8 Å². The van der Waals surface area contributed by atoms with Gasteiger partial charge in [-0.05, 0) is 12.8 Å². The van der Waals surface area contributed by atoms with Gasteiger partial charge in [0.15, 0.2) is 0 Å². The van der Waals surface area contributed by atoms with Crippen LogP contribution in [0.5, 0.6) is 0 Å². The normalized spacial score (nSPS) is 12.2. The van der Waals surface area contributed by atoms with Gasteiger partial charge in [0.2, 0.25) is 0 Å². The van der Waals surface area contributed by atoms with Crippen molar-refractivity contribution in [1.82, 2.24) is 0 Å². The predicted molar refractivity (Wildman–Crippen MR) is 42.0 cm³/mol. The van der Waals surface area contributed by atoms with Gasteiger partial charge in [0.1, 0.15) is 0 Å². The van der Waals surface area contributed by atoms with Crippen LogP contribution in [0.2, 0.25) is 0 Å². The summed E-state index contributed by atoms with van der Waals surface area (Å²) in [6, 6.07) is 0. The first-order valence-electron chi connectivity index (χ1n) is 2.93. The summed E-state index contributed by atoms with van der Waals surface area (Å²) in [5.41, 5.74) is 1.13. The topological polar surface area (TPSA) is 62.2 Å². The second kappa shape index (κ2) is 3.22. The minimum Gasteiger partial charge on any atom is -0.323 e. The molecule has 0 bridgehead atoms. The van der Waals surface area contributed by atoms with Crippen molar-refractivity contribution in [2.24, 2.45) is 16.9 Å². The van der Waals surface area contributed by atoms with E-state index in [-0.39, 0.29) is 7.34 Å². The number of hydrogen-bond acceptors (Lipinski definition) is 3. The van der Waals surface area contributed by atoms with E-state index in [1.807, 2.05) is 13.8 Å². The van der Waals surface area contributed by atoms with Gasteiger partial charge in [-0.2, -0.15) is 5.10 Å². The van der Waals surface area contributed by atoms with Crippen LogP contribution in [0.1, 0.15) is 22.2 Å². The third-order valence-electron chi connectivity index (χ3n) is 1.07. The van der Waals surface area contributed by atoms with Crippen molar-refractivity contribution in [3.63, 3.8) is 0 Å². The zero-order valence-electron chi connectivity index (χ0n) is 6.10. The Kier molecular flexibility index (Phi) is 2.91. The van der Waals surface area contributed by atoms with Crippen molar-refractivity contribution in [3.8, 4) is 0 Å². The van der Waals surface area contributed by atoms with Crippen molar-refractivity contribution < 1.29 is 1.43 Å². The summed E-state index contributed by atoms with van der Waals surface area (Å²) in [6.45, 7) is 5.61. The fourth-order valence-corrected chi connectivity index (χ4v) is 0.679. The van der Waals surface area contributed by atoms with E-state index < -0.39 is 0 Å². The molecule has 0 saturated carbocycles. The van der Waals surface area contributed by atoms with Gasteiger partial charge in [-0.1, -0.05) is 13.8 Å². The summed E-state index contributed by atoms with van der Waals surface area (Å²) in [6.07, 6.45) is 0. The van der Waals surface area contributed by atoms with E-state index >= 15 is 0 Å². The fourth-order valence-electron chi connectivity index (χ4n) is 0.679. The summed E-state index contributed by atoms with van der Waals surface area (Å²) >= 11 is 0. The molecule has 0 rings (SSSR count). The largest absolute Gasteiger partial charge is 0.323 e. The Morgan fingerprint density at radius 1 is 1.67 bits per heavy atom. The maximum atomic E-state index is 7.17. The van der Waals surface area contributed by atoms with Crippen LogP contribution in [0.25, 0.3) is 0 Å². The van der Waals surface area contributed by atoms with Crippen LogP contribution in [0.15, 0.2) is 5.10 Å². The lowest BCUT2D eigenvalue weighted by atomic mass is 10.1. The number of hydrazone groups is 1. The molecule has 0 spiro atoms. The first-order valence-corrected chi connectivity index (χ1v) is 2.93. The quantitative estimate of drug-likeness (QED) is 0.329. The molecular formula is C6H15N3. The Morgan fingerprint density at radius 2 is 2.11 bits per heavy atom. The van der Waals surface area contributed by atoms with E-state index in [4.69, 9.17) is 11.3 Å². The lowest BCUT2D eigenvalue weighted by Gasteiger charge is -2.04. The van der Waals surface area contributed by atoms with Gasteiger partial charge < -0.3 is 11.3 Å². The molecule has 0 radical (unpaired) electrons. The highest BCUT2D eigenvalue weighted by molar-refractivity contribution is 6.40. The molecule has 3 nitrogen and oxygen atoms in total. The van der Waals surface area contributed by atoms with Crippen molar-refractivity contribution in [1.29, 1.82) is 5.41 Å². The van der Waals surface area contributed by atoms with E-state index in [0.29, 0.717) is 11.4 Å². The van der Waals surface area contributed by atoms with Crippen molar-refractivity contribution >= 4 is 11.4 Å². The first-order chi connectivity index (χ1) is 4.09. The standard InChI is InChI=1S/C6H13N3.H2/c1-4(2)6(9-8)5(3)7;/h4,7H,8H2,1-3H3;1H/b7-5?,9-6-;. The maximum Gasteiger partial charge on any atom is 0.0830 e. The van der Waals surface area contributed by atoms with E-state index in [9.17, 15) is 0 Å². The second-order valence-corrected chi connectivity index (χ2v) is 2.29. The van der Waals surface area contributed by atoms with Crippen LogP contribution in [0.4, 0.5) is 0 Å². The lowest BCUT2D eigenvalue weighted by Crippen LogP contribution is -2.17. The highest BCUT2D eigenvalue weighted by Gasteiger charge is 2.05. The number of nitrogens with zero attached hydrogens (tertiary/aromatic N) is 1. The molecule has 0 amide bonds. The van der Waals surface area contributed by atoms with Crippen LogP contribution < -0.4 is 5.84 Å². The summed E-state index contributed by atoms with van der Waals surface area (Å²) < 4.78 is 0. The van der Waals surface area contributed by atoms with Gasteiger partial charge in [-0.3, -0.25) is 0 Å². The third-order valence-corrected chi connectivity index (χ3v) is 1.07. The highest BCUT2D eigenvalue weighted by Crippen LogP contribution is 1.96. The molecule has 0 aromatic heterocycles. The van der Waals surface area contributed by atoms with Gasteiger partial charge in [0.25, 0.3) is 0 Å². The summed E-state index contributed by atoms with van der Waals surface area (Å²) in [7, 11) is 0. The minimum atomic E-state index is 0. The lowest BCUT2D eigenvalue weighted by molar-refractivity contribution is 0.884. The molecule has 0 heterocycles. The number of rotatable bonds is 2. The number of nitrogens with two attached hydrogens (primary N) is 1. The molecule has 0 aromatic carbocycles. The summed E-state index contributed by atoms with van der Waals surface area (Å²) in [5.74, 6) is 5.28. The molecular weight excluding hydrogens is 114 g/mol. The van der Waals surface area contributed by atoms with E-state index in [0.717, 1.165) is 0 Å². The Hall–Kier alpha value is -0.860. The van der Waals surface area contributed by atoms with Crippen molar-refractivity contribution in [2.75, 3.05) is 0 Å². The average molecular weight is 129 g/mol. The van der Waals surface area contributed by atoms with E-state index in [2.05, 4.69) is 5.10 Å². The smallest absolute Gasteiger partial charge is 0.0830 e. The molecule has 0 atom stereocenters. The Balaban J connectivity index is 0. The van der Waals surface area contributed by atoms with Crippen LogP contribution in [-0.4, -0.2) is 11.4 Å². The van der Waals surface area contributed by atoms with Crippen molar-refractivity contribution in [3.05, 3.63) is 0 Å². The van der Waals surface area contributed by atoms with Crippen LogP contribution in [-0.2, 0) is 0 Å². The van der Waals surface area contributed by atoms with E-state index in [1.54, 1.807) is 6.92 Å². The van der Waals surface area contributed by atoms with Gasteiger partial charge in [-0.25, -0.2) is 0 Å². The van der Waals surface area contributed by atoms with Gasteiger partial charge in [-0.15, -0.1) is 0 Å². The van der Waals surface area contributed by atoms with Gasteiger partial charge in [0.05, 0.1) is 11.4 Å². The summed E-state index contributed by atoms with van der Waals surface area (Å²) in [5, 5.41) is 10.7. The van der Waals surface area contributed by atoms with Gasteiger partial charge in [0, 0.05) is 1.43 Å². The van der Waals surface area contributed by atoms with Crippen LogP contribution >= 0.6 is 0 Å². The summed E-state index contributed by atoms with van der Waals surface area (Å²) in [4.78, 5) is 0. The molecule has 54 valence electrons. The SMILES string of the molecule is CC(=N)/C(=N\N)C(C)C.[HH]. The molecule has 0 aliphatic rings. The Labute approximate surface area is 56.9 Å². The van der Waals surface area contributed by atoms with Crippen LogP contribution in [0.3, 0.4) is 0 Å². The fraction of sp³-hybridized carbons (Fsp3) is 0.667. The molecule has 9 heavy (non-hydrogen) atoms. The highest BCUT2D eigenvalue weighted by atomic mass is 15.1. The molecule has 0 aliphatic heterocycles. The molecule has 0 fully saturated rings. The van der Waals surface area contributed by atoms with Gasteiger partial charge >= 0.3 is 0 Å². The molecule has 0 aliphatic carbocycles. The number of nitrogens with one attached hydrogen (secondary N) is 1. The zero-order valence-corrected chi connectivity index (χ0v) is 6.10. The molecule has 3 N–H and O–H groups in total. The zero-order chi connectivity index (χ0) is 7.44. The van der Waals surface area contributed by atoms with E-state index in [1.165, 1.54) is 0 Å². The molecule has 0 unspecified atom stereocenters. The Morgan fingerprint density at radius 3 is 2.11 bits per heavy atom. The first kappa shape index (κ1) is 8.14. The minimum absolute atomic E-state index is 0. The van der Waals surface area contributed by atoms with Crippen LogP contribution in [0, 0.1) is 11.3 Å². The molecule has 0 saturated heterocycles. The number of hydrogen-bond donors (Lipinski definition) is 2. The monoisotopic (exact) mass is 129 g/mol. The molecule has 3 heteroatoms.